The van der Waals surface area contributed by atoms with E-state index in [4.69, 9.17) is 5.26 Å². The Bertz CT molecular complexity index is 532. The molecule has 0 fully saturated rings. The first-order valence-corrected chi connectivity index (χ1v) is 6.38. The Kier molecular flexibility index (Phi) is 3.55. The zero-order valence-electron chi connectivity index (χ0n) is 8.35. The molecule has 3 heteroatoms. The molecule has 0 aliphatic rings. The average Bonchev–Trinajstić information content (AvgIpc) is 2.82. The molecule has 2 aromatic rings. The number of hydrogen-bond donors (Lipinski definition) is 0. The number of rotatable bonds is 2. The molecule has 1 aromatic heterocycles. The normalized spacial score (nSPS) is 11.1. The van der Waals surface area contributed by atoms with Crippen LogP contribution in [0.5, 0.6) is 0 Å². The van der Waals surface area contributed by atoms with Crippen molar-refractivity contribution in [3.8, 4) is 6.07 Å². The summed E-state index contributed by atoms with van der Waals surface area (Å²) >= 11 is 4.96. The van der Waals surface area contributed by atoms with E-state index in [1.165, 1.54) is 0 Å². The fourth-order valence-electron chi connectivity index (χ4n) is 1.32. The lowest BCUT2D eigenvalue weighted by molar-refractivity contribution is 1.54. The van der Waals surface area contributed by atoms with Crippen molar-refractivity contribution in [3.63, 3.8) is 0 Å². The molecule has 0 spiro atoms. The Hall–Kier alpha value is -1.37. The van der Waals surface area contributed by atoms with E-state index in [1.807, 2.05) is 47.9 Å². The quantitative estimate of drug-likeness (QED) is 0.743. The average molecular weight is 290 g/mol. The van der Waals surface area contributed by atoms with Gasteiger partial charge in [0, 0.05) is 9.35 Å². The summed E-state index contributed by atoms with van der Waals surface area (Å²) in [7, 11) is 0. The molecule has 0 radical (unpaired) electrons. The molecule has 0 unspecified atom stereocenters. The van der Waals surface area contributed by atoms with Gasteiger partial charge in [0.05, 0.1) is 5.57 Å². The van der Waals surface area contributed by atoms with Crippen LogP contribution in [0.4, 0.5) is 0 Å². The first kappa shape index (κ1) is 11.1. The molecule has 0 aliphatic carbocycles. The van der Waals surface area contributed by atoms with Crippen molar-refractivity contribution < 1.29 is 0 Å². The third-order valence-electron chi connectivity index (χ3n) is 2.09. The number of thiophene rings is 1. The molecule has 0 aliphatic heterocycles. The van der Waals surface area contributed by atoms with Crippen LogP contribution in [0, 0.1) is 11.3 Å². The molecule has 1 nitrogen and oxygen atoms in total. The highest BCUT2D eigenvalue weighted by molar-refractivity contribution is 9.10. The van der Waals surface area contributed by atoms with Crippen LogP contribution in [0.2, 0.25) is 0 Å². The zero-order chi connectivity index (χ0) is 11.4. The fraction of sp³-hybridized carbons (Fsp3) is 0. The molecular weight excluding hydrogens is 282 g/mol. The monoisotopic (exact) mass is 289 g/mol. The standard InChI is InChI=1S/C13H8BrNS/c14-12-5-3-10(4-6-12)8-11(9-15)13-2-1-7-16-13/h1-8H. The van der Waals surface area contributed by atoms with Crippen LogP contribution in [-0.2, 0) is 0 Å². The summed E-state index contributed by atoms with van der Waals surface area (Å²) in [5.41, 5.74) is 1.74. The molecule has 78 valence electrons. The van der Waals surface area contributed by atoms with Gasteiger partial charge in [0.15, 0.2) is 0 Å². The number of halogens is 1. The van der Waals surface area contributed by atoms with Crippen LogP contribution in [-0.4, -0.2) is 0 Å². The van der Waals surface area contributed by atoms with Gasteiger partial charge in [0.1, 0.15) is 6.07 Å². The lowest BCUT2D eigenvalue weighted by atomic mass is 10.1. The van der Waals surface area contributed by atoms with Gasteiger partial charge in [-0.1, -0.05) is 34.1 Å². The smallest absolute Gasteiger partial charge is 0.101 e. The van der Waals surface area contributed by atoms with Gasteiger partial charge in [-0.25, -0.2) is 0 Å². The summed E-state index contributed by atoms with van der Waals surface area (Å²) < 4.78 is 1.04. The first-order chi connectivity index (χ1) is 7.79. The Labute approximate surface area is 107 Å². The van der Waals surface area contributed by atoms with Crippen LogP contribution < -0.4 is 0 Å². The van der Waals surface area contributed by atoms with E-state index < -0.39 is 0 Å². The molecule has 0 saturated carbocycles. The largest absolute Gasteiger partial charge is 0.192 e. The van der Waals surface area contributed by atoms with Crippen LogP contribution in [0.3, 0.4) is 0 Å². The van der Waals surface area contributed by atoms with E-state index in [-0.39, 0.29) is 0 Å². The summed E-state index contributed by atoms with van der Waals surface area (Å²) in [5, 5.41) is 11.1. The maximum atomic E-state index is 9.09. The number of nitrogens with zero attached hydrogens (tertiary/aromatic N) is 1. The zero-order valence-corrected chi connectivity index (χ0v) is 10.8. The summed E-state index contributed by atoms with van der Waals surface area (Å²) in [5.74, 6) is 0. The van der Waals surface area contributed by atoms with Gasteiger partial charge in [-0.05, 0) is 35.2 Å². The van der Waals surface area contributed by atoms with E-state index in [1.54, 1.807) is 11.3 Å². The second-order valence-corrected chi connectivity index (χ2v) is 5.06. The molecule has 1 aromatic carbocycles. The third kappa shape index (κ3) is 2.60. The Balaban J connectivity index is 2.36. The van der Waals surface area contributed by atoms with Crippen LogP contribution in [0.1, 0.15) is 10.4 Å². The molecule has 0 saturated heterocycles. The highest BCUT2D eigenvalue weighted by Crippen LogP contribution is 2.22. The van der Waals surface area contributed by atoms with E-state index >= 15 is 0 Å². The van der Waals surface area contributed by atoms with Crippen molar-refractivity contribution in [1.82, 2.24) is 0 Å². The highest BCUT2D eigenvalue weighted by atomic mass is 79.9. The molecule has 0 N–H and O–H groups in total. The highest BCUT2D eigenvalue weighted by Gasteiger charge is 2.01. The van der Waals surface area contributed by atoms with E-state index in [0.717, 1.165) is 14.9 Å². The number of benzene rings is 1. The predicted octanol–water partition coefficient (Wildman–Crippen LogP) is 4.57. The van der Waals surface area contributed by atoms with Gasteiger partial charge in [0.25, 0.3) is 0 Å². The molecule has 0 bridgehead atoms. The second kappa shape index (κ2) is 5.11. The van der Waals surface area contributed by atoms with Crippen LogP contribution in [0.15, 0.2) is 46.3 Å². The van der Waals surface area contributed by atoms with Crippen molar-refractivity contribution in [2.75, 3.05) is 0 Å². The van der Waals surface area contributed by atoms with Crippen LogP contribution in [0.25, 0.3) is 11.6 Å². The molecule has 2 rings (SSSR count). The van der Waals surface area contributed by atoms with Gasteiger partial charge in [-0.2, -0.15) is 5.26 Å². The topological polar surface area (TPSA) is 23.8 Å². The fourth-order valence-corrected chi connectivity index (χ4v) is 2.27. The maximum Gasteiger partial charge on any atom is 0.101 e. The van der Waals surface area contributed by atoms with Crippen molar-refractivity contribution in [2.24, 2.45) is 0 Å². The second-order valence-electron chi connectivity index (χ2n) is 3.20. The summed E-state index contributed by atoms with van der Waals surface area (Å²) in [6.45, 7) is 0. The Morgan fingerprint density at radius 1 is 1.25 bits per heavy atom. The summed E-state index contributed by atoms with van der Waals surface area (Å²) in [6, 6.07) is 14.0. The molecule has 16 heavy (non-hydrogen) atoms. The van der Waals surface area contributed by atoms with Gasteiger partial charge in [0.2, 0.25) is 0 Å². The van der Waals surface area contributed by atoms with Crippen LogP contribution >= 0.6 is 27.3 Å². The van der Waals surface area contributed by atoms with Gasteiger partial charge in [-0.15, -0.1) is 11.3 Å². The van der Waals surface area contributed by atoms with E-state index in [0.29, 0.717) is 5.57 Å². The van der Waals surface area contributed by atoms with Gasteiger partial charge < -0.3 is 0 Å². The number of nitriles is 1. The third-order valence-corrected chi connectivity index (χ3v) is 3.52. The Morgan fingerprint density at radius 2 is 2.00 bits per heavy atom. The van der Waals surface area contributed by atoms with Gasteiger partial charge >= 0.3 is 0 Å². The minimum absolute atomic E-state index is 0.706. The predicted molar refractivity (Wildman–Crippen MR) is 71.9 cm³/mol. The van der Waals surface area contributed by atoms with E-state index in [9.17, 15) is 0 Å². The number of hydrogen-bond acceptors (Lipinski definition) is 2. The van der Waals surface area contributed by atoms with Crippen molar-refractivity contribution in [3.05, 3.63) is 56.7 Å². The molecule has 0 atom stereocenters. The first-order valence-electron chi connectivity index (χ1n) is 4.71. The minimum atomic E-state index is 0.706. The molecule has 1 heterocycles. The van der Waals surface area contributed by atoms with Crippen molar-refractivity contribution in [2.45, 2.75) is 0 Å². The lowest BCUT2D eigenvalue weighted by Gasteiger charge is -1.96. The maximum absolute atomic E-state index is 9.09. The number of allylic oxidation sites excluding steroid dienone is 1. The van der Waals surface area contributed by atoms with Gasteiger partial charge in [-0.3, -0.25) is 0 Å². The van der Waals surface area contributed by atoms with Crippen molar-refractivity contribution >= 4 is 38.9 Å². The summed E-state index contributed by atoms with van der Waals surface area (Å²) in [4.78, 5) is 1.01. The minimum Gasteiger partial charge on any atom is -0.192 e. The lowest BCUT2D eigenvalue weighted by Crippen LogP contribution is -1.76. The molecule has 0 amide bonds. The Morgan fingerprint density at radius 3 is 2.56 bits per heavy atom. The SMILES string of the molecule is N#CC(=Cc1ccc(Br)cc1)c1cccs1. The van der Waals surface area contributed by atoms with Crippen molar-refractivity contribution in [1.29, 1.82) is 5.26 Å². The van der Waals surface area contributed by atoms with E-state index in [2.05, 4.69) is 22.0 Å². The molecular formula is C13H8BrNS. The summed E-state index contributed by atoms with van der Waals surface area (Å²) in [6.07, 6.45) is 1.90.